The highest BCUT2D eigenvalue weighted by atomic mass is 19.3. The van der Waals surface area contributed by atoms with Crippen LogP contribution < -0.4 is 0 Å². The summed E-state index contributed by atoms with van der Waals surface area (Å²) in [7, 11) is 0. The zero-order chi connectivity index (χ0) is 23.7. The van der Waals surface area contributed by atoms with Crippen molar-refractivity contribution in [1.29, 1.82) is 0 Å². The van der Waals surface area contributed by atoms with Crippen molar-refractivity contribution in [3.8, 4) is 0 Å². The molecule has 3 N–H and O–H groups in total. The third kappa shape index (κ3) is 3.96. The number of fused-ring (bicyclic) bond motifs is 5. The molecule has 0 aliphatic heterocycles. The van der Waals surface area contributed by atoms with Crippen molar-refractivity contribution >= 4 is 0 Å². The Morgan fingerprint density at radius 1 is 0.938 bits per heavy atom. The molecule has 0 bridgehead atoms. The van der Waals surface area contributed by atoms with Gasteiger partial charge in [-0.15, -0.1) is 0 Å². The first-order valence-corrected chi connectivity index (χ1v) is 13.2. The number of aliphatic hydroxyl groups excluding tert-OH is 2. The fourth-order valence-electron chi connectivity index (χ4n) is 9.22. The molecule has 4 saturated carbocycles. The number of hydrogen-bond donors (Lipinski definition) is 3. The molecule has 186 valence electrons. The second-order valence-corrected chi connectivity index (χ2v) is 13.3. The first kappa shape index (κ1) is 24.9. The van der Waals surface area contributed by atoms with E-state index in [1.165, 1.54) is 0 Å². The number of rotatable bonds is 5. The molecule has 0 heterocycles. The van der Waals surface area contributed by atoms with Gasteiger partial charge in [0.1, 0.15) is 0 Å². The van der Waals surface area contributed by atoms with Crippen molar-refractivity contribution in [2.75, 3.05) is 0 Å². The Labute approximate surface area is 193 Å². The summed E-state index contributed by atoms with van der Waals surface area (Å²) in [5.74, 6) is -2.96. The monoisotopic (exact) mass is 456 g/mol. The minimum atomic E-state index is -2.78. The molecule has 5 heteroatoms. The molecule has 4 aliphatic rings. The molecule has 4 rings (SSSR count). The first-order chi connectivity index (χ1) is 14.7. The summed E-state index contributed by atoms with van der Waals surface area (Å²) in [5.41, 5.74) is -0.994. The first-order valence-electron chi connectivity index (χ1n) is 13.2. The molecule has 4 aliphatic carbocycles. The fraction of sp³-hybridized carbons (Fsp3) is 1.00. The van der Waals surface area contributed by atoms with Crippen LogP contribution in [0.25, 0.3) is 0 Å². The Morgan fingerprint density at radius 2 is 1.56 bits per heavy atom. The third-order valence-corrected chi connectivity index (χ3v) is 10.9. The van der Waals surface area contributed by atoms with Gasteiger partial charge in [0.2, 0.25) is 0 Å². The molecular formula is C27H46F2O3. The summed E-state index contributed by atoms with van der Waals surface area (Å²) in [6.45, 7) is 10.4. The molecule has 32 heavy (non-hydrogen) atoms. The number of hydrogen-bond acceptors (Lipinski definition) is 3. The minimum Gasteiger partial charge on any atom is -0.390 e. The van der Waals surface area contributed by atoms with Crippen LogP contribution in [0.5, 0.6) is 0 Å². The number of alkyl halides is 2. The molecule has 0 aromatic carbocycles. The number of aliphatic hydroxyl groups is 3. The van der Waals surface area contributed by atoms with Gasteiger partial charge in [-0.2, -0.15) is 0 Å². The lowest BCUT2D eigenvalue weighted by Gasteiger charge is -2.63. The molecule has 0 saturated heterocycles. The summed E-state index contributed by atoms with van der Waals surface area (Å²) in [6, 6.07) is 0. The molecule has 3 nitrogen and oxygen atoms in total. The van der Waals surface area contributed by atoms with Crippen LogP contribution in [0.2, 0.25) is 0 Å². The van der Waals surface area contributed by atoms with Crippen molar-refractivity contribution in [2.24, 2.45) is 46.3 Å². The van der Waals surface area contributed by atoms with Crippen LogP contribution in [0.15, 0.2) is 0 Å². The Morgan fingerprint density at radius 3 is 2.22 bits per heavy atom. The van der Waals surface area contributed by atoms with Gasteiger partial charge in [-0.3, -0.25) is 0 Å². The Hall–Kier alpha value is -0.260. The second-order valence-electron chi connectivity index (χ2n) is 13.3. The maximum Gasteiger partial charge on any atom is 0.251 e. The van der Waals surface area contributed by atoms with Gasteiger partial charge in [0.15, 0.2) is 0 Å². The SMILES string of the molecule is C[C@H](CCCC(C)(C)O)[C@H]1CC[C@H]2[C@H]3[C@H](CC[C@]12C)[C@@]1(C)CC[C@H](O)[C@H](O)C1CC3(F)F. The van der Waals surface area contributed by atoms with Gasteiger partial charge in [0.05, 0.1) is 17.8 Å². The zero-order valence-electron chi connectivity index (χ0n) is 20.8. The van der Waals surface area contributed by atoms with Crippen molar-refractivity contribution in [3.63, 3.8) is 0 Å². The van der Waals surface area contributed by atoms with Gasteiger partial charge in [-0.1, -0.05) is 33.6 Å². The highest BCUT2D eigenvalue weighted by Crippen LogP contribution is 2.71. The Bertz CT molecular complexity index is 691. The normalized spacial score (nSPS) is 49.1. The minimum absolute atomic E-state index is 0.0414. The van der Waals surface area contributed by atoms with Gasteiger partial charge in [-0.25, -0.2) is 8.78 Å². The van der Waals surface area contributed by atoms with E-state index >= 15 is 8.78 Å². The third-order valence-electron chi connectivity index (χ3n) is 10.9. The molecule has 0 aromatic heterocycles. The molecular weight excluding hydrogens is 410 g/mol. The summed E-state index contributed by atoms with van der Waals surface area (Å²) in [4.78, 5) is 0. The average Bonchev–Trinajstić information content (AvgIpc) is 3.03. The van der Waals surface area contributed by atoms with E-state index in [1.54, 1.807) is 0 Å². The maximum atomic E-state index is 15.8. The quantitative estimate of drug-likeness (QED) is 0.490. The summed E-state index contributed by atoms with van der Waals surface area (Å²) < 4.78 is 31.7. The largest absolute Gasteiger partial charge is 0.390 e. The average molecular weight is 457 g/mol. The Balaban J connectivity index is 1.55. The summed E-state index contributed by atoms with van der Waals surface area (Å²) in [5, 5.41) is 30.9. The van der Waals surface area contributed by atoms with Crippen LogP contribution in [0.4, 0.5) is 8.78 Å². The van der Waals surface area contributed by atoms with Crippen LogP contribution in [0.1, 0.15) is 98.8 Å². The summed E-state index contributed by atoms with van der Waals surface area (Å²) in [6.07, 6.45) is 5.63. The molecule has 10 atom stereocenters. The highest BCUT2D eigenvalue weighted by molar-refractivity contribution is 5.15. The topological polar surface area (TPSA) is 60.7 Å². The van der Waals surface area contributed by atoms with Gasteiger partial charge in [-0.05, 0) is 99.2 Å². The lowest BCUT2D eigenvalue weighted by atomic mass is 9.43. The predicted octanol–water partition coefficient (Wildman–Crippen LogP) is 5.80. The van der Waals surface area contributed by atoms with E-state index in [0.717, 1.165) is 51.4 Å². The fourth-order valence-corrected chi connectivity index (χ4v) is 9.22. The molecule has 0 spiro atoms. The van der Waals surface area contributed by atoms with Gasteiger partial charge < -0.3 is 15.3 Å². The van der Waals surface area contributed by atoms with Crippen LogP contribution in [-0.2, 0) is 0 Å². The van der Waals surface area contributed by atoms with Crippen molar-refractivity contribution in [3.05, 3.63) is 0 Å². The van der Waals surface area contributed by atoms with E-state index in [1.807, 2.05) is 13.8 Å². The second kappa shape index (κ2) is 8.16. The van der Waals surface area contributed by atoms with E-state index in [9.17, 15) is 15.3 Å². The van der Waals surface area contributed by atoms with E-state index in [0.29, 0.717) is 18.3 Å². The van der Waals surface area contributed by atoms with Gasteiger partial charge >= 0.3 is 0 Å². The van der Waals surface area contributed by atoms with Crippen LogP contribution in [-0.4, -0.2) is 39.1 Å². The predicted molar refractivity (Wildman–Crippen MR) is 122 cm³/mol. The van der Waals surface area contributed by atoms with Crippen molar-refractivity contribution in [2.45, 2.75) is 123 Å². The van der Waals surface area contributed by atoms with Crippen LogP contribution in [0.3, 0.4) is 0 Å². The van der Waals surface area contributed by atoms with Crippen LogP contribution >= 0.6 is 0 Å². The van der Waals surface area contributed by atoms with E-state index in [4.69, 9.17) is 0 Å². The molecule has 1 unspecified atom stereocenters. The summed E-state index contributed by atoms with van der Waals surface area (Å²) >= 11 is 0. The lowest BCUT2D eigenvalue weighted by Crippen LogP contribution is -2.64. The molecule has 0 radical (unpaired) electrons. The standard InChI is InChI=1S/C27H46F2O3/c1-16(7-6-12-24(2,3)32)17-8-9-18-22-19(10-13-25(17,18)4)26(5)14-11-21(30)23(31)20(26)15-27(22,28)29/h16-23,30-32H,6-15H2,1-5H3/t16-,17-,18+,19+,20?,21+,22+,23-,25-,26-/m1/s1. The van der Waals surface area contributed by atoms with Crippen LogP contribution in [0, 0.1) is 46.3 Å². The Kier molecular flexibility index (Phi) is 6.33. The molecule has 0 aromatic rings. The van der Waals surface area contributed by atoms with Gasteiger partial charge in [0, 0.05) is 12.3 Å². The lowest BCUT2D eigenvalue weighted by molar-refractivity contribution is -0.258. The maximum absolute atomic E-state index is 15.8. The smallest absolute Gasteiger partial charge is 0.251 e. The van der Waals surface area contributed by atoms with Crippen molar-refractivity contribution in [1.82, 2.24) is 0 Å². The van der Waals surface area contributed by atoms with E-state index in [2.05, 4.69) is 20.8 Å². The highest BCUT2D eigenvalue weighted by Gasteiger charge is 2.69. The number of halogens is 2. The van der Waals surface area contributed by atoms with Gasteiger partial charge in [0.25, 0.3) is 5.92 Å². The van der Waals surface area contributed by atoms with Crippen molar-refractivity contribution < 1.29 is 24.1 Å². The molecule has 4 fully saturated rings. The van der Waals surface area contributed by atoms with E-state index < -0.39 is 35.6 Å². The zero-order valence-corrected chi connectivity index (χ0v) is 20.8. The van der Waals surface area contributed by atoms with E-state index in [-0.39, 0.29) is 29.1 Å². The molecule has 0 amide bonds.